The first kappa shape index (κ1) is 18.7. The van der Waals surface area contributed by atoms with Crippen molar-refractivity contribution >= 4 is 28.6 Å². The third-order valence-electron chi connectivity index (χ3n) is 4.57. The molecule has 0 radical (unpaired) electrons. The Morgan fingerprint density at radius 3 is 2.83 bits per heavy atom. The molecular weight excluding hydrogens is 420 g/mol. The molecule has 4 heterocycles. The number of carbonyl (C=O) groups is 1. The summed E-state index contributed by atoms with van der Waals surface area (Å²) in [6.07, 6.45) is 5.07. The Balaban J connectivity index is 1.28. The maximum atomic E-state index is 12.7. The highest BCUT2D eigenvalue weighted by Gasteiger charge is 2.19. The minimum Gasteiger partial charge on any atom is -0.454 e. The van der Waals surface area contributed by atoms with Crippen LogP contribution in [0.15, 0.2) is 54.3 Å². The van der Waals surface area contributed by atoms with E-state index in [1.165, 1.54) is 22.7 Å². The molecule has 0 spiro atoms. The molecule has 1 N–H and O–H groups in total. The van der Waals surface area contributed by atoms with Crippen molar-refractivity contribution in [3.63, 3.8) is 0 Å². The van der Waals surface area contributed by atoms with Gasteiger partial charge in [0.1, 0.15) is 14.9 Å². The van der Waals surface area contributed by atoms with Crippen molar-refractivity contribution in [1.29, 1.82) is 0 Å². The molecule has 1 aliphatic heterocycles. The maximum absolute atomic E-state index is 12.7. The molecule has 0 bridgehead atoms. The number of aromatic nitrogens is 3. The van der Waals surface area contributed by atoms with E-state index < -0.39 is 0 Å². The van der Waals surface area contributed by atoms with E-state index in [1.54, 1.807) is 18.6 Å². The van der Waals surface area contributed by atoms with Gasteiger partial charge in [-0.1, -0.05) is 0 Å². The monoisotopic (exact) mass is 436 g/mol. The van der Waals surface area contributed by atoms with Gasteiger partial charge < -0.3 is 14.8 Å². The molecule has 5 rings (SSSR count). The highest BCUT2D eigenvalue weighted by molar-refractivity contribution is 7.16. The molecule has 1 amide bonds. The van der Waals surface area contributed by atoms with Gasteiger partial charge in [-0.25, -0.2) is 9.97 Å². The van der Waals surface area contributed by atoms with Crippen LogP contribution in [0.1, 0.15) is 27.6 Å². The lowest BCUT2D eigenvalue weighted by atomic mass is 10.2. The summed E-state index contributed by atoms with van der Waals surface area (Å²) in [5.41, 5.74) is 2.77. The molecule has 1 aromatic carbocycles. The summed E-state index contributed by atoms with van der Waals surface area (Å²) in [4.78, 5) is 26.3. The molecule has 0 saturated heterocycles. The van der Waals surface area contributed by atoms with Gasteiger partial charge in [0.15, 0.2) is 11.5 Å². The second-order valence-electron chi connectivity index (χ2n) is 6.60. The molecule has 1 atom stereocenters. The van der Waals surface area contributed by atoms with Crippen molar-refractivity contribution in [2.24, 2.45) is 0 Å². The molecule has 4 aromatic rings. The third-order valence-corrected chi connectivity index (χ3v) is 6.64. The number of rotatable bonds is 5. The zero-order chi connectivity index (χ0) is 20.5. The first-order chi connectivity index (χ1) is 14.7. The fourth-order valence-corrected chi connectivity index (χ4v) is 4.66. The van der Waals surface area contributed by atoms with Crippen LogP contribution < -0.4 is 14.8 Å². The van der Waals surface area contributed by atoms with Crippen molar-refractivity contribution in [3.05, 3.63) is 64.2 Å². The number of ether oxygens (including phenoxy) is 2. The summed E-state index contributed by atoms with van der Waals surface area (Å²) in [7, 11) is 0. The fraction of sp³-hybridized carbons (Fsp3) is 0.143. The summed E-state index contributed by atoms with van der Waals surface area (Å²) in [5, 5.41) is 6.58. The van der Waals surface area contributed by atoms with E-state index in [9.17, 15) is 4.79 Å². The number of nitrogens with one attached hydrogen (secondary N) is 1. The molecule has 0 fully saturated rings. The van der Waals surface area contributed by atoms with E-state index in [-0.39, 0.29) is 18.7 Å². The summed E-state index contributed by atoms with van der Waals surface area (Å²) in [6, 6.07) is 9.25. The fourth-order valence-electron chi connectivity index (χ4n) is 3.01. The lowest BCUT2D eigenvalue weighted by Crippen LogP contribution is -2.25. The number of nitrogens with zero attached hydrogens (tertiary/aromatic N) is 3. The van der Waals surface area contributed by atoms with Crippen molar-refractivity contribution in [2.45, 2.75) is 13.0 Å². The lowest BCUT2D eigenvalue weighted by Gasteiger charge is -2.09. The Morgan fingerprint density at radius 2 is 1.97 bits per heavy atom. The van der Waals surface area contributed by atoms with Gasteiger partial charge in [-0.2, -0.15) is 0 Å². The van der Waals surface area contributed by atoms with Crippen molar-refractivity contribution in [1.82, 2.24) is 20.3 Å². The van der Waals surface area contributed by atoms with Gasteiger partial charge in [0, 0.05) is 28.9 Å². The van der Waals surface area contributed by atoms with Gasteiger partial charge in [0.05, 0.1) is 17.9 Å². The summed E-state index contributed by atoms with van der Waals surface area (Å²) in [6.45, 7) is 2.15. The first-order valence-corrected chi connectivity index (χ1v) is 10.9. The van der Waals surface area contributed by atoms with Crippen molar-refractivity contribution in [3.8, 4) is 33.3 Å². The van der Waals surface area contributed by atoms with Crippen LogP contribution in [0.25, 0.3) is 21.8 Å². The number of pyridine rings is 1. The molecule has 7 nitrogen and oxygen atoms in total. The highest BCUT2D eigenvalue weighted by Crippen LogP contribution is 2.37. The Morgan fingerprint density at radius 1 is 1.13 bits per heavy atom. The SMILES string of the molecule is CC(NC(=O)c1cnc(-c2ccc3c(c2)OCO3)s1)c1nc(-c2ccncc2)cs1. The zero-order valence-corrected chi connectivity index (χ0v) is 17.5. The second-order valence-corrected chi connectivity index (χ2v) is 8.52. The molecule has 30 heavy (non-hydrogen) atoms. The highest BCUT2D eigenvalue weighted by atomic mass is 32.1. The van der Waals surface area contributed by atoms with Crippen LogP contribution in [0.5, 0.6) is 11.5 Å². The molecule has 3 aromatic heterocycles. The van der Waals surface area contributed by atoms with Gasteiger partial charge in [-0.3, -0.25) is 9.78 Å². The van der Waals surface area contributed by atoms with Gasteiger partial charge in [-0.15, -0.1) is 22.7 Å². The Labute approximate surface area is 180 Å². The standard InChI is InChI=1S/C21H16N4O3S2/c1-12(20-25-15(10-29-20)13-4-6-22-7-5-13)24-19(26)18-9-23-21(30-18)14-2-3-16-17(8-14)28-11-27-16/h2-10,12H,11H2,1H3,(H,24,26). The average Bonchev–Trinajstić information content (AvgIpc) is 3.54. The molecule has 9 heteroatoms. The Hall–Kier alpha value is -3.30. The predicted molar refractivity (Wildman–Crippen MR) is 115 cm³/mol. The number of hydrogen-bond acceptors (Lipinski definition) is 8. The van der Waals surface area contributed by atoms with Crippen LogP contribution in [0.4, 0.5) is 0 Å². The quantitative estimate of drug-likeness (QED) is 0.494. The molecular formula is C21H16N4O3S2. The van der Waals surface area contributed by atoms with Crippen LogP contribution in [-0.2, 0) is 0 Å². The van der Waals surface area contributed by atoms with E-state index in [1.807, 2.05) is 42.6 Å². The minimum atomic E-state index is -0.214. The van der Waals surface area contributed by atoms with Crippen molar-refractivity contribution < 1.29 is 14.3 Å². The molecule has 1 aliphatic rings. The summed E-state index contributed by atoms with van der Waals surface area (Å²) >= 11 is 2.85. The van der Waals surface area contributed by atoms with E-state index >= 15 is 0 Å². The number of hydrogen-bond donors (Lipinski definition) is 1. The average molecular weight is 437 g/mol. The van der Waals surface area contributed by atoms with E-state index in [0.29, 0.717) is 10.6 Å². The van der Waals surface area contributed by atoms with E-state index in [2.05, 4.69) is 20.3 Å². The topological polar surface area (TPSA) is 86.2 Å². The Bertz CT molecular complexity index is 1210. The second kappa shape index (κ2) is 7.85. The minimum absolute atomic E-state index is 0.173. The van der Waals surface area contributed by atoms with Gasteiger partial charge >= 0.3 is 0 Å². The largest absolute Gasteiger partial charge is 0.454 e. The molecule has 150 valence electrons. The lowest BCUT2D eigenvalue weighted by molar-refractivity contribution is 0.0943. The number of amides is 1. The summed E-state index contributed by atoms with van der Waals surface area (Å²) in [5.74, 6) is 1.24. The number of carbonyl (C=O) groups excluding carboxylic acids is 1. The van der Waals surface area contributed by atoms with E-state index in [4.69, 9.17) is 9.47 Å². The molecule has 0 saturated carbocycles. The van der Waals surface area contributed by atoms with Crippen LogP contribution >= 0.6 is 22.7 Å². The summed E-state index contributed by atoms with van der Waals surface area (Å²) < 4.78 is 10.8. The number of benzene rings is 1. The van der Waals surface area contributed by atoms with E-state index in [0.717, 1.165) is 32.6 Å². The first-order valence-electron chi connectivity index (χ1n) is 9.20. The van der Waals surface area contributed by atoms with Gasteiger partial charge in [0.2, 0.25) is 6.79 Å². The smallest absolute Gasteiger partial charge is 0.263 e. The van der Waals surface area contributed by atoms with Crippen LogP contribution in [0.3, 0.4) is 0 Å². The molecule has 1 unspecified atom stereocenters. The van der Waals surface area contributed by atoms with Crippen LogP contribution in [0.2, 0.25) is 0 Å². The number of thiazole rings is 2. The normalized spacial score (nSPS) is 13.2. The zero-order valence-electron chi connectivity index (χ0n) is 15.9. The van der Waals surface area contributed by atoms with Crippen LogP contribution in [0, 0.1) is 0 Å². The van der Waals surface area contributed by atoms with Gasteiger partial charge in [-0.05, 0) is 37.3 Å². The van der Waals surface area contributed by atoms with Crippen LogP contribution in [-0.4, -0.2) is 27.7 Å². The maximum Gasteiger partial charge on any atom is 0.263 e. The third kappa shape index (κ3) is 3.64. The predicted octanol–water partition coefficient (Wildman–Crippen LogP) is 4.55. The number of fused-ring (bicyclic) bond motifs is 1. The molecule has 0 aliphatic carbocycles. The van der Waals surface area contributed by atoms with Gasteiger partial charge in [0.25, 0.3) is 5.91 Å². The Kier molecular flexibility index (Phi) is 4.89. The van der Waals surface area contributed by atoms with Crippen molar-refractivity contribution in [2.75, 3.05) is 6.79 Å².